The Morgan fingerprint density at radius 3 is 0.821 bits per heavy atom. The highest BCUT2D eigenvalue weighted by Crippen LogP contribution is 2.46. The molecule has 9 nitrogen and oxygen atoms in total. The highest BCUT2D eigenvalue weighted by atomic mass is 15.0. The molecular weight excluding hydrogens is 486 g/mol. The molecule has 12 N–H and O–H groups in total. The zero-order valence-electron chi connectivity index (χ0n) is 21.6. The summed E-state index contributed by atoms with van der Waals surface area (Å²) in [5, 5.41) is 0. The van der Waals surface area contributed by atoms with E-state index in [0.717, 1.165) is 50.1 Å². The van der Waals surface area contributed by atoms with Crippen LogP contribution in [0.1, 0.15) is 16.7 Å². The molecule has 0 heterocycles. The van der Waals surface area contributed by atoms with Crippen LogP contribution in [0.25, 0.3) is 33.4 Å². The van der Waals surface area contributed by atoms with Crippen molar-refractivity contribution in [3.63, 3.8) is 0 Å². The molecule has 0 radical (unpaired) electrons. The van der Waals surface area contributed by atoms with E-state index in [9.17, 15) is 0 Å². The van der Waals surface area contributed by atoms with Gasteiger partial charge in [-0.15, -0.1) is 0 Å². The van der Waals surface area contributed by atoms with Crippen LogP contribution in [0.2, 0.25) is 0 Å². The quantitative estimate of drug-likeness (QED) is 0.145. The maximum Gasteiger partial charge on any atom is 0.186 e. The third-order valence-corrected chi connectivity index (χ3v) is 6.26. The summed E-state index contributed by atoms with van der Waals surface area (Å²) in [5.41, 5.74) is 43.4. The molecule has 0 bridgehead atoms. The monoisotopic (exact) mass is 519 g/mol. The van der Waals surface area contributed by atoms with Gasteiger partial charge in [-0.3, -0.25) is 0 Å². The van der Waals surface area contributed by atoms with E-state index in [1.807, 2.05) is 91.0 Å². The first kappa shape index (κ1) is 26.7. The van der Waals surface area contributed by atoms with Crippen LogP contribution in [-0.4, -0.2) is 17.9 Å². The minimum absolute atomic E-state index is 0.0169. The van der Waals surface area contributed by atoms with Crippen LogP contribution in [0.15, 0.2) is 106 Å². The lowest BCUT2D eigenvalue weighted by atomic mass is 9.79. The molecule has 0 spiro atoms. The number of hydrogen-bond donors (Lipinski definition) is 6. The average Bonchev–Trinajstić information content (AvgIpc) is 2.94. The number of aliphatic imine (C=N–C) groups is 3. The normalized spacial score (nSPS) is 10.5. The number of nitrogens with zero attached hydrogens (tertiary/aromatic N) is 3. The van der Waals surface area contributed by atoms with Crippen molar-refractivity contribution in [1.29, 1.82) is 0 Å². The summed E-state index contributed by atoms with van der Waals surface area (Å²) in [6.07, 6.45) is 0. The molecule has 0 saturated carbocycles. The minimum Gasteiger partial charge on any atom is -0.370 e. The van der Waals surface area contributed by atoms with E-state index in [-0.39, 0.29) is 37.5 Å². The molecule has 198 valence electrons. The highest BCUT2D eigenvalue weighted by Gasteiger charge is 2.26. The first-order chi connectivity index (χ1) is 18.9. The lowest BCUT2D eigenvalue weighted by molar-refractivity contribution is 0.988. The van der Waals surface area contributed by atoms with Crippen molar-refractivity contribution in [3.8, 4) is 33.4 Å². The van der Waals surface area contributed by atoms with Gasteiger partial charge >= 0.3 is 0 Å². The Balaban J connectivity index is 2.28. The summed E-state index contributed by atoms with van der Waals surface area (Å²) in [6.45, 7) is 0.653. The molecule has 0 amide bonds. The van der Waals surface area contributed by atoms with Crippen LogP contribution < -0.4 is 34.4 Å². The van der Waals surface area contributed by atoms with Crippen molar-refractivity contribution in [2.24, 2.45) is 49.4 Å². The predicted octanol–water partition coefficient (Wildman–Crippen LogP) is 3.01. The largest absolute Gasteiger partial charge is 0.370 e. The van der Waals surface area contributed by atoms with Crippen molar-refractivity contribution in [2.75, 3.05) is 0 Å². The van der Waals surface area contributed by atoms with Gasteiger partial charge in [-0.05, 0) is 50.1 Å². The van der Waals surface area contributed by atoms with E-state index in [0.29, 0.717) is 0 Å². The Kier molecular flexibility index (Phi) is 8.43. The zero-order valence-corrected chi connectivity index (χ0v) is 21.6. The highest BCUT2D eigenvalue weighted by molar-refractivity contribution is 5.93. The zero-order chi connectivity index (χ0) is 27.8. The Morgan fingerprint density at radius 2 is 0.615 bits per heavy atom. The fourth-order valence-corrected chi connectivity index (χ4v) is 4.77. The molecular formula is C30H33N9. The maximum absolute atomic E-state index is 5.83. The van der Waals surface area contributed by atoms with E-state index >= 15 is 0 Å². The standard InChI is InChI=1S/C30H33N9/c31-28(32)37-16-22-25(19-10-4-1-5-11-19)23(17-38-29(33)34)27(21-14-8-3-9-15-21)24(18-39-30(35)36)26(22)20-12-6-2-7-13-20/h1-15H,16-18H2,(H4,31,32,37)(H4,33,34,38)(H4,35,36,39). The first-order valence-corrected chi connectivity index (χ1v) is 12.4. The van der Waals surface area contributed by atoms with Crippen LogP contribution in [0.4, 0.5) is 0 Å². The Morgan fingerprint density at radius 1 is 0.385 bits per heavy atom. The van der Waals surface area contributed by atoms with Gasteiger partial charge in [-0.25, -0.2) is 15.0 Å². The third-order valence-electron chi connectivity index (χ3n) is 6.26. The van der Waals surface area contributed by atoms with Crippen LogP contribution in [0.5, 0.6) is 0 Å². The Hall–Kier alpha value is -5.31. The first-order valence-electron chi connectivity index (χ1n) is 12.4. The summed E-state index contributed by atoms with van der Waals surface area (Å²) in [7, 11) is 0. The van der Waals surface area contributed by atoms with Crippen molar-refractivity contribution in [3.05, 3.63) is 108 Å². The minimum atomic E-state index is -0.0169. The molecule has 9 heteroatoms. The van der Waals surface area contributed by atoms with Gasteiger partial charge in [0.25, 0.3) is 0 Å². The second-order valence-electron chi connectivity index (χ2n) is 8.88. The van der Waals surface area contributed by atoms with Gasteiger partial charge in [0.1, 0.15) is 0 Å². The SMILES string of the molecule is NC(N)=NCc1c(-c2ccccc2)c(CN=C(N)N)c(-c2ccccc2)c(CN=C(N)N)c1-c1ccccc1. The number of rotatable bonds is 9. The summed E-state index contributed by atoms with van der Waals surface area (Å²) in [5.74, 6) is -0.0508. The number of nitrogens with two attached hydrogens (primary N) is 6. The molecule has 0 aliphatic carbocycles. The van der Waals surface area contributed by atoms with E-state index < -0.39 is 0 Å². The second-order valence-corrected chi connectivity index (χ2v) is 8.88. The van der Waals surface area contributed by atoms with Crippen LogP contribution in [0.3, 0.4) is 0 Å². The number of hydrogen-bond acceptors (Lipinski definition) is 3. The van der Waals surface area contributed by atoms with Gasteiger partial charge in [-0.1, -0.05) is 91.0 Å². The molecule has 39 heavy (non-hydrogen) atoms. The lowest BCUT2D eigenvalue weighted by Gasteiger charge is -2.26. The fourth-order valence-electron chi connectivity index (χ4n) is 4.77. The van der Waals surface area contributed by atoms with E-state index in [1.165, 1.54) is 0 Å². The molecule has 0 aromatic heterocycles. The van der Waals surface area contributed by atoms with Crippen LogP contribution in [0, 0.1) is 0 Å². The molecule has 0 atom stereocenters. The van der Waals surface area contributed by atoms with Crippen molar-refractivity contribution < 1.29 is 0 Å². The van der Waals surface area contributed by atoms with Gasteiger partial charge in [0, 0.05) is 0 Å². The van der Waals surface area contributed by atoms with Crippen molar-refractivity contribution >= 4 is 17.9 Å². The summed E-state index contributed by atoms with van der Waals surface area (Å²) in [6, 6.07) is 30.1. The van der Waals surface area contributed by atoms with E-state index in [1.54, 1.807) is 0 Å². The molecule has 4 rings (SSSR count). The second kappa shape index (κ2) is 12.3. The summed E-state index contributed by atoms with van der Waals surface area (Å²) < 4.78 is 0. The Bertz CT molecular complexity index is 1290. The lowest BCUT2D eigenvalue weighted by Crippen LogP contribution is -2.23. The summed E-state index contributed by atoms with van der Waals surface area (Å²) >= 11 is 0. The van der Waals surface area contributed by atoms with Crippen LogP contribution in [-0.2, 0) is 19.6 Å². The molecule has 4 aromatic carbocycles. The smallest absolute Gasteiger partial charge is 0.186 e. The van der Waals surface area contributed by atoms with Gasteiger partial charge in [0.05, 0.1) is 19.6 Å². The topological polar surface area (TPSA) is 193 Å². The average molecular weight is 520 g/mol. The summed E-state index contributed by atoms with van der Waals surface area (Å²) in [4.78, 5) is 13.3. The molecule has 0 saturated heterocycles. The molecule has 0 aliphatic rings. The van der Waals surface area contributed by atoms with E-state index in [4.69, 9.17) is 34.4 Å². The van der Waals surface area contributed by atoms with Gasteiger partial charge in [0.2, 0.25) is 0 Å². The number of benzene rings is 4. The molecule has 0 aliphatic heterocycles. The molecule has 4 aromatic rings. The van der Waals surface area contributed by atoms with Crippen molar-refractivity contribution in [2.45, 2.75) is 19.6 Å². The predicted molar refractivity (Wildman–Crippen MR) is 161 cm³/mol. The third kappa shape index (κ3) is 6.34. The van der Waals surface area contributed by atoms with Crippen LogP contribution >= 0.6 is 0 Å². The van der Waals surface area contributed by atoms with E-state index in [2.05, 4.69) is 15.0 Å². The van der Waals surface area contributed by atoms with Gasteiger partial charge in [-0.2, -0.15) is 0 Å². The molecule has 0 fully saturated rings. The fraction of sp³-hybridized carbons (Fsp3) is 0.100. The number of guanidine groups is 3. The Labute approximate surface area is 228 Å². The van der Waals surface area contributed by atoms with Crippen molar-refractivity contribution in [1.82, 2.24) is 0 Å². The van der Waals surface area contributed by atoms with Gasteiger partial charge < -0.3 is 34.4 Å². The van der Waals surface area contributed by atoms with Gasteiger partial charge in [0.15, 0.2) is 17.9 Å². The maximum atomic E-state index is 5.83. The molecule has 0 unspecified atom stereocenters.